The van der Waals surface area contributed by atoms with E-state index < -0.39 is 10.0 Å². The molecule has 28 heavy (non-hydrogen) atoms. The Morgan fingerprint density at radius 3 is 2.57 bits per heavy atom. The summed E-state index contributed by atoms with van der Waals surface area (Å²) in [5.74, 6) is 1.02. The fraction of sp³-hybridized carbons (Fsp3) is 0.200. The van der Waals surface area contributed by atoms with Crippen LogP contribution in [0.2, 0.25) is 0 Å². The maximum Gasteiger partial charge on any atom is 0.255 e. The zero-order chi connectivity index (χ0) is 19.9. The summed E-state index contributed by atoms with van der Waals surface area (Å²) in [6.07, 6.45) is 3.44. The molecule has 0 radical (unpaired) electrons. The Morgan fingerprint density at radius 2 is 1.93 bits per heavy atom. The molecule has 2 heterocycles. The van der Waals surface area contributed by atoms with Crippen molar-refractivity contribution >= 4 is 27.3 Å². The highest BCUT2D eigenvalue weighted by Gasteiger charge is 2.26. The molecule has 1 aliphatic rings. The second-order valence-electron chi connectivity index (χ2n) is 6.70. The van der Waals surface area contributed by atoms with Gasteiger partial charge in [0.2, 0.25) is 10.0 Å². The number of carbonyl (C=O) groups excluding carboxylic acids is 1. The number of fused-ring (bicyclic) bond motifs is 1. The lowest BCUT2D eigenvalue weighted by Crippen LogP contribution is -2.27. The molecule has 1 amide bonds. The molecule has 0 saturated heterocycles. The summed E-state index contributed by atoms with van der Waals surface area (Å²) in [6.45, 7) is 2.19. The maximum atomic E-state index is 12.6. The molecule has 4 rings (SSSR count). The number of amides is 1. The van der Waals surface area contributed by atoms with Crippen LogP contribution >= 0.6 is 0 Å². The van der Waals surface area contributed by atoms with Gasteiger partial charge in [-0.15, -0.1) is 0 Å². The van der Waals surface area contributed by atoms with Crippen molar-refractivity contribution in [2.75, 3.05) is 22.4 Å². The van der Waals surface area contributed by atoms with E-state index in [1.165, 1.54) is 10.6 Å². The maximum absolute atomic E-state index is 12.6. The van der Waals surface area contributed by atoms with Crippen LogP contribution in [0.4, 0.5) is 11.4 Å². The number of aryl methyl sites for hydroxylation is 1. The van der Waals surface area contributed by atoms with Crippen molar-refractivity contribution in [3.8, 4) is 11.3 Å². The Hall–Kier alpha value is -3.13. The second-order valence-corrected chi connectivity index (χ2v) is 8.61. The van der Waals surface area contributed by atoms with Gasteiger partial charge in [-0.2, -0.15) is 0 Å². The third-order valence-corrected chi connectivity index (χ3v) is 5.82. The fourth-order valence-corrected chi connectivity index (χ4v) is 4.23. The Morgan fingerprint density at radius 1 is 1.18 bits per heavy atom. The van der Waals surface area contributed by atoms with Gasteiger partial charge in [0, 0.05) is 30.3 Å². The normalized spacial score (nSPS) is 13.4. The highest BCUT2D eigenvalue weighted by Crippen LogP contribution is 2.31. The number of anilines is 2. The summed E-state index contributed by atoms with van der Waals surface area (Å²) >= 11 is 0. The second kappa shape index (κ2) is 6.79. The molecule has 0 saturated carbocycles. The number of hydrogen-bond acceptors (Lipinski definition) is 5. The average molecular weight is 397 g/mol. The van der Waals surface area contributed by atoms with E-state index in [0.29, 0.717) is 41.6 Å². The van der Waals surface area contributed by atoms with Gasteiger partial charge in [0.15, 0.2) is 11.7 Å². The van der Waals surface area contributed by atoms with Crippen molar-refractivity contribution in [3.05, 3.63) is 65.7 Å². The standard InChI is InChI=1S/C20H19N3O4S/c1-13-21-12-19(27-13)14-3-6-17(7-4-14)22-20(24)16-5-8-18-15(11-16)9-10-23(18)28(2,25)26/h3-8,11-12H,9-10H2,1-2H3,(H,22,24). The monoisotopic (exact) mass is 397 g/mol. The highest BCUT2D eigenvalue weighted by atomic mass is 32.2. The van der Waals surface area contributed by atoms with Crippen LogP contribution < -0.4 is 9.62 Å². The van der Waals surface area contributed by atoms with Crippen LogP contribution in [-0.4, -0.2) is 32.1 Å². The number of hydrogen-bond donors (Lipinski definition) is 1. The average Bonchev–Trinajstić information content (AvgIpc) is 3.27. The topological polar surface area (TPSA) is 92.5 Å². The molecule has 1 aliphatic heterocycles. The summed E-state index contributed by atoms with van der Waals surface area (Å²) in [7, 11) is -3.30. The van der Waals surface area contributed by atoms with Crippen LogP contribution in [0.15, 0.2) is 53.1 Å². The number of carbonyl (C=O) groups is 1. The van der Waals surface area contributed by atoms with Gasteiger partial charge in [-0.1, -0.05) is 0 Å². The number of nitrogens with zero attached hydrogens (tertiary/aromatic N) is 2. The molecule has 0 aliphatic carbocycles. The minimum atomic E-state index is -3.30. The van der Waals surface area contributed by atoms with Gasteiger partial charge in [-0.05, 0) is 54.4 Å². The SMILES string of the molecule is Cc1ncc(-c2ccc(NC(=O)c3ccc4c(c3)CCN4S(C)(=O)=O)cc2)o1. The van der Waals surface area contributed by atoms with Gasteiger partial charge in [0.1, 0.15) is 0 Å². The lowest BCUT2D eigenvalue weighted by molar-refractivity contribution is 0.102. The Balaban J connectivity index is 1.50. The summed E-state index contributed by atoms with van der Waals surface area (Å²) in [6, 6.07) is 12.4. The number of rotatable bonds is 4. The summed E-state index contributed by atoms with van der Waals surface area (Å²) in [5, 5.41) is 2.86. The number of aromatic nitrogens is 1. The Bertz CT molecular complexity index is 1150. The number of benzene rings is 2. The molecule has 1 N–H and O–H groups in total. The van der Waals surface area contributed by atoms with Crippen LogP contribution in [0.25, 0.3) is 11.3 Å². The summed E-state index contributed by atoms with van der Waals surface area (Å²) in [5.41, 5.74) is 3.52. The minimum absolute atomic E-state index is 0.246. The summed E-state index contributed by atoms with van der Waals surface area (Å²) in [4.78, 5) is 16.7. The Labute approximate surface area is 163 Å². The van der Waals surface area contributed by atoms with Crippen molar-refractivity contribution < 1.29 is 17.6 Å². The number of sulfonamides is 1. The van der Waals surface area contributed by atoms with E-state index in [1.54, 1.807) is 43.5 Å². The number of nitrogens with one attached hydrogen (secondary N) is 1. The first-order valence-electron chi connectivity index (χ1n) is 8.76. The van der Waals surface area contributed by atoms with Gasteiger partial charge < -0.3 is 9.73 Å². The third-order valence-electron chi connectivity index (χ3n) is 4.64. The van der Waals surface area contributed by atoms with E-state index in [2.05, 4.69) is 10.3 Å². The molecule has 0 unspecified atom stereocenters. The highest BCUT2D eigenvalue weighted by molar-refractivity contribution is 7.92. The fourth-order valence-electron chi connectivity index (χ4n) is 3.27. The van der Waals surface area contributed by atoms with E-state index in [9.17, 15) is 13.2 Å². The van der Waals surface area contributed by atoms with Crippen LogP contribution in [0.3, 0.4) is 0 Å². The van der Waals surface area contributed by atoms with Crippen LogP contribution in [0.1, 0.15) is 21.8 Å². The van der Waals surface area contributed by atoms with Crippen molar-refractivity contribution in [3.63, 3.8) is 0 Å². The van der Waals surface area contributed by atoms with Crippen molar-refractivity contribution in [2.45, 2.75) is 13.3 Å². The molecular formula is C20H19N3O4S. The van der Waals surface area contributed by atoms with Gasteiger partial charge in [0.25, 0.3) is 5.91 Å². The molecule has 7 nitrogen and oxygen atoms in total. The Kier molecular flexibility index (Phi) is 4.43. The van der Waals surface area contributed by atoms with E-state index in [1.807, 2.05) is 12.1 Å². The van der Waals surface area contributed by atoms with E-state index >= 15 is 0 Å². The molecule has 1 aromatic heterocycles. The lowest BCUT2D eigenvalue weighted by Gasteiger charge is -2.16. The zero-order valence-electron chi connectivity index (χ0n) is 15.5. The molecule has 8 heteroatoms. The van der Waals surface area contributed by atoms with Gasteiger partial charge in [-0.25, -0.2) is 13.4 Å². The lowest BCUT2D eigenvalue weighted by atomic mass is 10.1. The first-order chi connectivity index (χ1) is 13.3. The van der Waals surface area contributed by atoms with E-state index in [0.717, 1.165) is 11.1 Å². The van der Waals surface area contributed by atoms with Crippen molar-refractivity contribution in [2.24, 2.45) is 0 Å². The first kappa shape index (κ1) is 18.2. The van der Waals surface area contributed by atoms with Gasteiger partial charge >= 0.3 is 0 Å². The van der Waals surface area contributed by atoms with Crippen LogP contribution in [0, 0.1) is 6.92 Å². The molecule has 144 valence electrons. The molecule has 3 aromatic rings. The van der Waals surface area contributed by atoms with Crippen LogP contribution in [-0.2, 0) is 16.4 Å². The van der Waals surface area contributed by atoms with Gasteiger partial charge in [-0.3, -0.25) is 9.10 Å². The quantitative estimate of drug-likeness (QED) is 0.730. The first-order valence-corrected chi connectivity index (χ1v) is 10.6. The zero-order valence-corrected chi connectivity index (χ0v) is 16.3. The van der Waals surface area contributed by atoms with E-state index in [4.69, 9.17) is 4.42 Å². The molecular weight excluding hydrogens is 378 g/mol. The smallest absolute Gasteiger partial charge is 0.255 e. The van der Waals surface area contributed by atoms with Gasteiger partial charge in [0.05, 0.1) is 18.1 Å². The molecule has 0 bridgehead atoms. The number of oxazole rings is 1. The predicted molar refractivity (Wildman–Crippen MR) is 107 cm³/mol. The molecule has 0 fully saturated rings. The molecule has 0 spiro atoms. The molecule has 0 atom stereocenters. The third kappa shape index (κ3) is 3.50. The summed E-state index contributed by atoms with van der Waals surface area (Å²) < 4.78 is 30.5. The largest absolute Gasteiger partial charge is 0.441 e. The van der Waals surface area contributed by atoms with E-state index in [-0.39, 0.29) is 5.91 Å². The van der Waals surface area contributed by atoms with Crippen LogP contribution in [0.5, 0.6) is 0 Å². The molecule has 2 aromatic carbocycles. The van der Waals surface area contributed by atoms with Crippen molar-refractivity contribution in [1.82, 2.24) is 4.98 Å². The minimum Gasteiger partial charge on any atom is -0.441 e. The van der Waals surface area contributed by atoms with Crippen molar-refractivity contribution in [1.29, 1.82) is 0 Å². The predicted octanol–water partition coefficient (Wildman–Crippen LogP) is 3.22.